The van der Waals surface area contributed by atoms with Gasteiger partial charge in [-0.3, -0.25) is 0 Å². The molecule has 10 heteroatoms. The van der Waals surface area contributed by atoms with Gasteiger partial charge in [-0.25, -0.2) is 0 Å². The van der Waals surface area contributed by atoms with Crippen molar-refractivity contribution in [1.29, 1.82) is 0 Å². The number of hydrogen-bond acceptors (Lipinski definition) is 8. The van der Waals surface area contributed by atoms with Gasteiger partial charge in [0.15, 0.2) is 0 Å². The zero-order valence-corrected chi connectivity index (χ0v) is 14.9. The van der Waals surface area contributed by atoms with Crippen LogP contribution in [0, 0.1) is 0 Å². The Morgan fingerprint density at radius 1 is 0.556 bits per heavy atom. The number of carboxylic acids is 4. The molecule has 107 valence electrons. The van der Waals surface area contributed by atoms with E-state index in [1.807, 2.05) is 0 Å². The van der Waals surface area contributed by atoms with Crippen molar-refractivity contribution in [1.82, 2.24) is 0 Å². The first-order valence-electron chi connectivity index (χ1n) is 3.63. The maximum atomic E-state index is 8.89. The summed E-state index contributed by atoms with van der Waals surface area (Å²) in [6.07, 6.45) is 0. The molecule has 0 aromatic rings. The van der Waals surface area contributed by atoms with Crippen LogP contribution in [-0.4, -0.2) is 51.2 Å². The molecule has 0 aliphatic rings. The van der Waals surface area contributed by atoms with E-state index >= 15 is 0 Å². The Bertz CT molecular complexity index is 167. The number of carbonyl (C=O) groups is 4. The van der Waals surface area contributed by atoms with Crippen molar-refractivity contribution in [2.24, 2.45) is 0 Å². The third kappa shape index (κ3) is 6830. The second kappa shape index (κ2) is 29.9. The standard InChI is InChI=1S/4C2H4O2.Cu.Pb/c4*1-2(3)4;;/h4*1H3,(H,3,4);;/q;;;;2*+2/p-4. The van der Waals surface area contributed by atoms with Gasteiger partial charge in [0, 0.05) is 23.9 Å². The van der Waals surface area contributed by atoms with Gasteiger partial charge < -0.3 is 39.6 Å². The molecule has 0 aliphatic carbocycles. The van der Waals surface area contributed by atoms with Crippen molar-refractivity contribution in [3.8, 4) is 0 Å². The van der Waals surface area contributed by atoms with Crippen LogP contribution in [-0.2, 0) is 36.2 Å². The topological polar surface area (TPSA) is 161 Å². The maximum absolute atomic E-state index is 8.89. The molecular formula is C8H12CuO8Pb. The summed E-state index contributed by atoms with van der Waals surface area (Å²) in [5.74, 6) is -4.33. The van der Waals surface area contributed by atoms with E-state index in [0.29, 0.717) is 0 Å². The molecule has 0 aromatic carbocycles. The summed E-state index contributed by atoms with van der Waals surface area (Å²) < 4.78 is 0. The fourth-order valence-corrected chi connectivity index (χ4v) is 0. The third-order valence-corrected chi connectivity index (χ3v) is 0. The molecule has 0 aliphatic heterocycles. The molecule has 0 unspecified atom stereocenters. The Morgan fingerprint density at radius 3 is 0.556 bits per heavy atom. The van der Waals surface area contributed by atoms with Gasteiger partial charge in [-0.2, -0.15) is 0 Å². The second-order valence-corrected chi connectivity index (χ2v) is 1.97. The van der Waals surface area contributed by atoms with E-state index in [1.54, 1.807) is 0 Å². The largest absolute Gasteiger partial charge is 2.00 e. The molecule has 0 amide bonds. The van der Waals surface area contributed by atoms with E-state index in [-0.39, 0.29) is 44.4 Å². The van der Waals surface area contributed by atoms with E-state index < -0.39 is 23.9 Å². The Hall–Kier alpha value is -0.678. The molecule has 18 heavy (non-hydrogen) atoms. The van der Waals surface area contributed by atoms with Gasteiger partial charge in [0.2, 0.25) is 0 Å². The average Bonchev–Trinajstić information content (AvgIpc) is 1.76. The Morgan fingerprint density at radius 2 is 0.556 bits per heavy atom. The van der Waals surface area contributed by atoms with E-state index in [1.165, 1.54) is 0 Å². The third-order valence-electron chi connectivity index (χ3n) is 0. The van der Waals surface area contributed by atoms with Gasteiger partial charge >= 0.3 is 44.4 Å². The molecule has 0 aromatic heterocycles. The quantitative estimate of drug-likeness (QED) is 0.294. The van der Waals surface area contributed by atoms with Gasteiger partial charge in [0.1, 0.15) is 0 Å². The smallest absolute Gasteiger partial charge is 0.550 e. The van der Waals surface area contributed by atoms with Crippen molar-refractivity contribution < 1.29 is 56.7 Å². The molecule has 0 fully saturated rings. The van der Waals surface area contributed by atoms with Crippen LogP contribution in [0.2, 0.25) is 0 Å². The van der Waals surface area contributed by atoms with Crippen LogP contribution in [0.15, 0.2) is 0 Å². The molecule has 3 radical (unpaired) electrons. The maximum Gasteiger partial charge on any atom is 2.00 e. The Kier molecular flexibility index (Phi) is 59.8. The summed E-state index contributed by atoms with van der Waals surface area (Å²) >= 11 is 0. The number of aliphatic carboxylic acids is 4. The van der Waals surface area contributed by atoms with Crippen LogP contribution < -0.4 is 20.4 Å². The molecule has 0 heterocycles. The monoisotopic (exact) mass is 507 g/mol. The fraction of sp³-hybridized carbons (Fsp3) is 0.500. The fourth-order valence-electron chi connectivity index (χ4n) is 0. The average molecular weight is 507 g/mol. The molecule has 0 rings (SSSR count). The van der Waals surface area contributed by atoms with Crippen molar-refractivity contribution in [2.45, 2.75) is 27.7 Å². The molecule has 0 atom stereocenters. The van der Waals surface area contributed by atoms with Crippen molar-refractivity contribution in [2.75, 3.05) is 0 Å². The first-order chi connectivity index (χ1) is 6.93. The van der Waals surface area contributed by atoms with Crippen molar-refractivity contribution in [3.05, 3.63) is 0 Å². The van der Waals surface area contributed by atoms with Crippen molar-refractivity contribution in [3.63, 3.8) is 0 Å². The Labute approximate surface area is 135 Å². The summed E-state index contributed by atoms with van der Waals surface area (Å²) in [5.41, 5.74) is 0. The number of rotatable bonds is 0. The predicted octanol–water partition coefficient (Wildman–Crippen LogP) is -5.36. The van der Waals surface area contributed by atoms with Crippen LogP contribution in [0.25, 0.3) is 0 Å². The van der Waals surface area contributed by atoms with Gasteiger partial charge in [-0.1, -0.05) is 0 Å². The van der Waals surface area contributed by atoms with Crippen LogP contribution in [0.1, 0.15) is 27.7 Å². The minimum absolute atomic E-state index is 0. The zero-order valence-electron chi connectivity index (χ0n) is 10.1. The van der Waals surface area contributed by atoms with Crippen LogP contribution >= 0.6 is 0 Å². The number of carboxylic acid groups (broad SMARTS) is 4. The van der Waals surface area contributed by atoms with E-state index in [4.69, 9.17) is 39.6 Å². The van der Waals surface area contributed by atoms with Gasteiger partial charge in [0.25, 0.3) is 0 Å². The first-order valence-corrected chi connectivity index (χ1v) is 3.63. The minimum Gasteiger partial charge on any atom is -0.550 e. The van der Waals surface area contributed by atoms with Gasteiger partial charge in [-0.05, 0) is 27.7 Å². The summed E-state index contributed by atoms with van der Waals surface area (Å²) in [6.45, 7) is 3.89. The van der Waals surface area contributed by atoms with E-state index in [0.717, 1.165) is 27.7 Å². The predicted molar refractivity (Wildman–Crippen MR) is 48.5 cm³/mol. The van der Waals surface area contributed by atoms with Crippen LogP contribution in [0.5, 0.6) is 0 Å². The summed E-state index contributed by atoms with van der Waals surface area (Å²) in [6, 6.07) is 0. The minimum atomic E-state index is -1.08. The molecule has 0 saturated heterocycles. The molecule has 0 N–H and O–H groups in total. The summed E-state index contributed by atoms with van der Waals surface area (Å²) in [4.78, 5) is 35.6. The number of hydrogen-bond donors (Lipinski definition) is 0. The molecule has 0 bridgehead atoms. The molecular weight excluding hydrogens is 495 g/mol. The van der Waals surface area contributed by atoms with E-state index in [2.05, 4.69) is 0 Å². The van der Waals surface area contributed by atoms with Crippen LogP contribution in [0.4, 0.5) is 0 Å². The molecule has 0 spiro atoms. The van der Waals surface area contributed by atoms with Crippen molar-refractivity contribution >= 4 is 51.2 Å². The van der Waals surface area contributed by atoms with Gasteiger partial charge in [-0.15, -0.1) is 0 Å². The summed E-state index contributed by atoms with van der Waals surface area (Å²) in [5, 5.41) is 35.6. The summed E-state index contributed by atoms with van der Waals surface area (Å²) in [7, 11) is 0. The molecule has 0 saturated carbocycles. The van der Waals surface area contributed by atoms with Gasteiger partial charge in [0.05, 0.1) is 0 Å². The zero-order chi connectivity index (χ0) is 14.3. The second-order valence-electron chi connectivity index (χ2n) is 1.97. The van der Waals surface area contributed by atoms with Crippen LogP contribution in [0.3, 0.4) is 0 Å². The molecule has 8 nitrogen and oxygen atoms in total. The SMILES string of the molecule is CC(=O)[O-].CC(=O)[O-].CC(=O)[O-].CC(=O)[O-].[Cu+2].[Pb+2]. The van der Waals surface area contributed by atoms with E-state index in [9.17, 15) is 0 Å². The normalized spacial score (nSPS) is 5.56. The first kappa shape index (κ1) is 36.0. The Balaban J connectivity index is -0.0000000257. The number of carbonyl (C=O) groups excluding carboxylic acids is 4.